The zero-order chi connectivity index (χ0) is 26.1. The molecule has 1 saturated heterocycles. The van der Waals surface area contributed by atoms with E-state index in [9.17, 15) is 4.79 Å². The van der Waals surface area contributed by atoms with E-state index in [0.717, 1.165) is 42.5 Å². The van der Waals surface area contributed by atoms with Gasteiger partial charge in [-0.3, -0.25) is 4.79 Å². The van der Waals surface area contributed by atoms with Gasteiger partial charge in [0, 0.05) is 50.1 Å². The average molecular weight is 508 g/mol. The second kappa shape index (κ2) is 10.4. The summed E-state index contributed by atoms with van der Waals surface area (Å²) >= 11 is 0. The van der Waals surface area contributed by atoms with Crippen LogP contribution < -0.4 is 5.32 Å². The first kappa shape index (κ1) is 26.5. The number of ketones is 1. The molecule has 0 radical (unpaired) electrons. The lowest BCUT2D eigenvalue weighted by molar-refractivity contribution is 0.0849. The number of fused-ring (bicyclic) bond motifs is 1. The minimum atomic E-state index is -1.18. The molecule has 0 amide bonds. The Bertz CT molecular complexity index is 1220. The molecule has 7 nitrogen and oxygen atoms in total. The van der Waals surface area contributed by atoms with E-state index < -0.39 is 13.5 Å². The van der Waals surface area contributed by atoms with Crippen LogP contribution in [0.3, 0.4) is 0 Å². The molecule has 1 N–H and O–H groups in total. The van der Waals surface area contributed by atoms with Gasteiger partial charge >= 0.3 is 0 Å². The van der Waals surface area contributed by atoms with Gasteiger partial charge in [-0.15, -0.1) is 0 Å². The number of benzene rings is 1. The van der Waals surface area contributed by atoms with Gasteiger partial charge in [-0.05, 0) is 38.2 Å². The van der Waals surface area contributed by atoms with Crippen LogP contribution in [0.1, 0.15) is 37.6 Å². The molecule has 8 heteroatoms. The number of ether oxygens (including phenoxy) is 1. The summed E-state index contributed by atoms with van der Waals surface area (Å²) in [5.74, 6) is 0.0561. The van der Waals surface area contributed by atoms with Crippen molar-refractivity contribution in [3.8, 4) is 11.3 Å². The molecule has 2 aromatic heterocycles. The van der Waals surface area contributed by atoms with Crippen LogP contribution in [0, 0.1) is 5.41 Å². The summed E-state index contributed by atoms with van der Waals surface area (Å²) in [6.45, 7) is 16.1. The van der Waals surface area contributed by atoms with Crippen molar-refractivity contribution in [1.29, 1.82) is 0 Å². The van der Waals surface area contributed by atoms with Gasteiger partial charge in [0.1, 0.15) is 12.2 Å². The van der Waals surface area contributed by atoms with E-state index in [4.69, 9.17) is 14.7 Å². The van der Waals surface area contributed by atoms with E-state index in [1.807, 2.05) is 43.7 Å². The Balaban J connectivity index is 1.64. The first-order chi connectivity index (χ1) is 16.9. The molecule has 1 aliphatic heterocycles. The number of hydrogen-bond donors (Lipinski definition) is 1. The van der Waals surface area contributed by atoms with Crippen molar-refractivity contribution < 1.29 is 9.53 Å². The summed E-state index contributed by atoms with van der Waals surface area (Å²) in [5.41, 5.74) is 4.22. The molecule has 1 fully saturated rings. The molecule has 194 valence electrons. The molecule has 0 saturated carbocycles. The predicted molar refractivity (Wildman–Crippen MR) is 150 cm³/mol. The van der Waals surface area contributed by atoms with Crippen molar-refractivity contribution in [2.45, 2.75) is 65.6 Å². The minimum absolute atomic E-state index is 0.0561. The van der Waals surface area contributed by atoms with Gasteiger partial charge in [-0.25, -0.2) is 9.97 Å². The number of likely N-dealkylation sites (tertiary alicyclic amines) is 1. The van der Waals surface area contributed by atoms with E-state index >= 15 is 0 Å². The molecule has 1 atom stereocenters. The van der Waals surface area contributed by atoms with Gasteiger partial charge in [0.25, 0.3) is 0 Å². The number of aromatic nitrogens is 3. The van der Waals surface area contributed by atoms with E-state index in [1.165, 1.54) is 0 Å². The van der Waals surface area contributed by atoms with Crippen LogP contribution in [0.15, 0.2) is 36.7 Å². The smallest absolute Gasteiger partial charge is 0.171 e. The highest BCUT2D eigenvalue weighted by molar-refractivity contribution is 6.76. The van der Waals surface area contributed by atoms with Crippen molar-refractivity contribution in [3.05, 3.63) is 42.2 Å². The van der Waals surface area contributed by atoms with Crippen molar-refractivity contribution in [3.63, 3.8) is 0 Å². The number of carbonyl (C=O) groups is 1. The number of nitrogens with zero attached hydrogens (tertiary/aromatic N) is 4. The maximum Gasteiger partial charge on any atom is 0.171 e. The van der Waals surface area contributed by atoms with Crippen molar-refractivity contribution in [2.24, 2.45) is 5.41 Å². The summed E-state index contributed by atoms with van der Waals surface area (Å²) in [4.78, 5) is 25.4. The third-order valence-electron chi connectivity index (χ3n) is 6.64. The lowest BCUT2D eigenvalue weighted by Gasteiger charge is -2.16. The number of hydrogen-bond acceptors (Lipinski definition) is 6. The summed E-state index contributed by atoms with van der Waals surface area (Å²) in [6, 6.07) is 9.85. The molecule has 0 bridgehead atoms. The lowest BCUT2D eigenvalue weighted by atomic mass is 9.87. The van der Waals surface area contributed by atoms with Gasteiger partial charge in [-0.1, -0.05) is 52.5 Å². The number of nitrogens with one attached hydrogen (secondary N) is 1. The largest absolute Gasteiger partial charge is 0.381 e. The molecule has 1 unspecified atom stereocenters. The number of rotatable bonds is 9. The van der Waals surface area contributed by atoms with Gasteiger partial charge in [0.2, 0.25) is 0 Å². The highest BCUT2D eigenvalue weighted by Crippen LogP contribution is 2.29. The van der Waals surface area contributed by atoms with Gasteiger partial charge < -0.3 is 19.5 Å². The second-order valence-electron chi connectivity index (χ2n) is 12.3. The Morgan fingerprint density at radius 1 is 1.25 bits per heavy atom. The standard InChI is InChI=1S/C28H41N5O2Si/c1-28(2,3)26(34)23-18-33(19-35-13-14-36(5,6)7)27-25(23)31-24(16-29-27)20-9-8-10-21(15-20)30-22-11-12-32(4)17-22/h8-10,15-16,18,22,30H,11-14,17,19H2,1-7H3. The fourth-order valence-electron chi connectivity index (χ4n) is 4.46. The molecular formula is C28H41N5O2Si. The first-order valence-electron chi connectivity index (χ1n) is 12.9. The molecular weight excluding hydrogens is 466 g/mol. The van der Waals surface area contributed by atoms with Crippen LogP contribution in [0.4, 0.5) is 5.69 Å². The average Bonchev–Trinajstić information content (AvgIpc) is 3.37. The number of anilines is 1. The lowest BCUT2D eigenvalue weighted by Crippen LogP contribution is -2.23. The molecule has 0 spiro atoms. The Labute approximate surface area is 216 Å². The summed E-state index contributed by atoms with van der Waals surface area (Å²) in [6.07, 6.45) is 4.80. The predicted octanol–water partition coefficient (Wildman–Crippen LogP) is 5.76. The normalized spacial score (nSPS) is 17.1. The third-order valence-corrected chi connectivity index (χ3v) is 8.34. The number of Topliss-reactive ketones (excluding diaryl/α,β-unsaturated/α-hetero) is 1. The van der Waals surface area contributed by atoms with Crippen molar-refractivity contribution >= 4 is 30.7 Å². The van der Waals surface area contributed by atoms with Crippen LogP contribution in [-0.4, -0.2) is 66.1 Å². The summed E-state index contributed by atoms with van der Waals surface area (Å²) in [7, 11) is 0.980. The maximum absolute atomic E-state index is 13.3. The van der Waals surface area contributed by atoms with Crippen LogP contribution in [0.5, 0.6) is 0 Å². The monoisotopic (exact) mass is 507 g/mol. The van der Waals surface area contributed by atoms with Crippen LogP contribution in [0.2, 0.25) is 25.7 Å². The molecule has 1 aromatic carbocycles. The molecule has 1 aliphatic rings. The Morgan fingerprint density at radius 3 is 2.69 bits per heavy atom. The van der Waals surface area contributed by atoms with E-state index in [0.29, 0.717) is 36.1 Å². The molecule has 3 aromatic rings. The highest BCUT2D eigenvalue weighted by atomic mass is 28.3. The Morgan fingerprint density at radius 2 is 2.03 bits per heavy atom. The van der Waals surface area contributed by atoms with Gasteiger partial charge in [-0.2, -0.15) is 0 Å². The van der Waals surface area contributed by atoms with Crippen LogP contribution >= 0.6 is 0 Å². The molecule has 0 aliphatic carbocycles. The number of carbonyl (C=O) groups excluding carboxylic acids is 1. The Hall–Kier alpha value is -2.55. The first-order valence-corrected chi connectivity index (χ1v) is 16.7. The zero-order valence-electron chi connectivity index (χ0n) is 22.9. The summed E-state index contributed by atoms with van der Waals surface area (Å²) in [5, 5.41) is 3.65. The number of likely N-dealkylation sites (N-methyl/N-ethyl adjacent to an activating group) is 1. The van der Waals surface area contributed by atoms with Crippen LogP contribution in [-0.2, 0) is 11.5 Å². The molecule has 3 heterocycles. The fraction of sp³-hybridized carbons (Fsp3) is 0.536. The minimum Gasteiger partial charge on any atom is -0.381 e. The molecule has 36 heavy (non-hydrogen) atoms. The van der Waals surface area contributed by atoms with Crippen molar-refractivity contribution in [2.75, 3.05) is 32.1 Å². The van der Waals surface area contributed by atoms with Gasteiger partial charge in [0.05, 0.1) is 17.5 Å². The molecule has 4 rings (SSSR count). The van der Waals surface area contributed by atoms with Gasteiger partial charge in [0.15, 0.2) is 11.4 Å². The Kier molecular flexibility index (Phi) is 7.69. The third kappa shape index (κ3) is 6.41. The fourth-order valence-corrected chi connectivity index (χ4v) is 5.21. The van der Waals surface area contributed by atoms with Crippen molar-refractivity contribution in [1.82, 2.24) is 19.4 Å². The quantitative estimate of drug-likeness (QED) is 0.226. The SMILES string of the molecule is CN1CCC(Nc2cccc(-c3cnc4c(n3)c(C(=O)C(C)(C)C)cn4COCC[Si](C)(C)C)c2)C1. The highest BCUT2D eigenvalue weighted by Gasteiger charge is 2.28. The second-order valence-corrected chi connectivity index (χ2v) is 18.0. The van der Waals surface area contributed by atoms with E-state index in [1.54, 1.807) is 6.20 Å². The topological polar surface area (TPSA) is 72.3 Å². The van der Waals surface area contributed by atoms with E-state index in [2.05, 4.69) is 49.0 Å². The summed E-state index contributed by atoms with van der Waals surface area (Å²) < 4.78 is 7.91. The van der Waals surface area contributed by atoms with Crippen LogP contribution in [0.25, 0.3) is 22.4 Å². The maximum atomic E-state index is 13.3. The zero-order valence-corrected chi connectivity index (χ0v) is 23.9. The van der Waals surface area contributed by atoms with E-state index in [-0.39, 0.29) is 5.78 Å².